The molecule has 2 N–H and O–H groups in total. The molecule has 0 spiro atoms. The van der Waals surface area contributed by atoms with Gasteiger partial charge in [-0.25, -0.2) is 0 Å². The van der Waals surface area contributed by atoms with Crippen LogP contribution in [-0.4, -0.2) is 42.2 Å². The van der Waals surface area contributed by atoms with Crippen LogP contribution >= 0.6 is 0 Å². The Hall–Kier alpha value is -2.79. The third kappa shape index (κ3) is 4.06. The summed E-state index contributed by atoms with van der Waals surface area (Å²) < 4.78 is 5.75. The predicted octanol–water partition coefficient (Wildman–Crippen LogP) is 2.86. The lowest BCUT2D eigenvalue weighted by molar-refractivity contribution is -0.122. The third-order valence-electron chi connectivity index (χ3n) is 4.46. The number of nitrogens with one attached hydrogen (secondary N) is 1. The van der Waals surface area contributed by atoms with Gasteiger partial charge in [-0.2, -0.15) is 0 Å². The van der Waals surface area contributed by atoms with Gasteiger partial charge in [0, 0.05) is 25.2 Å². The number of nitrogens with zero attached hydrogens (tertiary/aromatic N) is 1. The second kappa shape index (κ2) is 8.06. The molecular weight excluding hydrogens is 328 g/mol. The number of phenolic OH excluding ortho intramolecular Hbond substituents is 1. The Morgan fingerprint density at radius 2 is 2.19 bits per heavy atom. The third-order valence-corrected chi connectivity index (χ3v) is 4.46. The number of rotatable bonds is 5. The highest BCUT2D eigenvalue weighted by molar-refractivity contribution is 5.78. The molecule has 1 heterocycles. The van der Waals surface area contributed by atoms with Crippen molar-refractivity contribution in [1.29, 1.82) is 0 Å². The van der Waals surface area contributed by atoms with Crippen molar-refractivity contribution in [3.63, 3.8) is 0 Å². The monoisotopic (exact) mass is 352 g/mol. The summed E-state index contributed by atoms with van der Waals surface area (Å²) in [5.41, 5.74) is 4.05. The Balaban J connectivity index is 1.86. The molecule has 1 aliphatic heterocycles. The molecule has 2 aromatic carbocycles. The molecule has 1 amide bonds. The summed E-state index contributed by atoms with van der Waals surface area (Å²) in [5.74, 6) is 0.600. The van der Waals surface area contributed by atoms with Gasteiger partial charge in [-0.1, -0.05) is 30.3 Å². The number of fused-ring (bicyclic) bond motifs is 1. The van der Waals surface area contributed by atoms with Crippen LogP contribution in [0.15, 0.2) is 49.1 Å². The molecule has 0 bridgehead atoms. The largest absolute Gasteiger partial charge is 0.504 e. The van der Waals surface area contributed by atoms with Gasteiger partial charge in [-0.3, -0.25) is 9.69 Å². The summed E-state index contributed by atoms with van der Waals surface area (Å²) in [6, 6.07) is 11.8. The second-order valence-electron chi connectivity index (χ2n) is 6.45. The molecule has 5 heteroatoms. The summed E-state index contributed by atoms with van der Waals surface area (Å²) >= 11 is 0. The van der Waals surface area contributed by atoms with E-state index >= 15 is 0 Å². The van der Waals surface area contributed by atoms with Crippen molar-refractivity contribution in [2.75, 3.05) is 26.2 Å². The van der Waals surface area contributed by atoms with Crippen LogP contribution < -0.4 is 10.1 Å². The zero-order chi connectivity index (χ0) is 18.5. The first-order valence-electron chi connectivity index (χ1n) is 8.73. The van der Waals surface area contributed by atoms with Gasteiger partial charge >= 0.3 is 0 Å². The highest BCUT2D eigenvalue weighted by Gasteiger charge is 2.21. The first-order valence-corrected chi connectivity index (χ1v) is 8.73. The van der Waals surface area contributed by atoms with Gasteiger partial charge in [0.2, 0.25) is 5.91 Å². The lowest BCUT2D eigenvalue weighted by Gasteiger charge is -2.19. The summed E-state index contributed by atoms with van der Waals surface area (Å²) in [6.45, 7) is 7.99. The molecule has 0 aromatic heterocycles. The van der Waals surface area contributed by atoms with Crippen molar-refractivity contribution >= 4 is 5.91 Å². The number of benzene rings is 2. The van der Waals surface area contributed by atoms with E-state index in [0.717, 1.165) is 22.3 Å². The molecular formula is C21H24N2O3. The summed E-state index contributed by atoms with van der Waals surface area (Å²) in [7, 11) is 0. The minimum absolute atomic E-state index is 0.0485. The lowest BCUT2D eigenvalue weighted by Crippen LogP contribution is -2.37. The first-order chi connectivity index (χ1) is 12.6. The van der Waals surface area contributed by atoms with Crippen molar-refractivity contribution < 1.29 is 14.6 Å². The average Bonchev–Trinajstić information content (AvgIpc) is 2.82. The summed E-state index contributed by atoms with van der Waals surface area (Å²) in [6.07, 6.45) is 1.66. The standard InChI is InChI=1S/C21H24N2O3/c1-3-8-22-20(25)14-23-9-10-26-21-17(13-23)11-16(12-19(21)24)18-7-5-4-6-15(18)2/h3-7,11-12,24H,1,8-10,13-14H2,2H3,(H,22,25). The van der Waals surface area contributed by atoms with Crippen LogP contribution in [0.3, 0.4) is 0 Å². The van der Waals surface area contributed by atoms with E-state index in [4.69, 9.17) is 4.74 Å². The maximum atomic E-state index is 12.0. The lowest BCUT2D eigenvalue weighted by atomic mass is 9.98. The van der Waals surface area contributed by atoms with Gasteiger partial charge in [-0.05, 0) is 35.7 Å². The summed E-state index contributed by atoms with van der Waals surface area (Å²) in [5, 5.41) is 13.3. The molecule has 26 heavy (non-hydrogen) atoms. The Morgan fingerprint density at radius 1 is 1.38 bits per heavy atom. The normalized spacial score (nSPS) is 14.0. The number of hydrogen-bond donors (Lipinski definition) is 2. The fourth-order valence-electron chi connectivity index (χ4n) is 3.19. The van der Waals surface area contributed by atoms with Gasteiger partial charge in [-0.15, -0.1) is 6.58 Å². The molecule has 0 unspecified atom stereocenters. The molecule has 0 aliphatic carbocycles. The van der Waals surface area contributed by atoms with E-state index in [-0.39, 0.29) is 18.2 Å². The summed E-state index contributed by atoms with van der Waals surface area (Å²) in [4.78, 5) is 14.0. The number of amides is 1. The van der Waals surface area contributed by atoms with Crippen LogP contribution in [-0.2, 0) is 11.3 Å². The van der Waals surface area contributed by atoms with Gasteiger partial charge in [0.05, 0.1) is 6.54 Å². The highest BCUT2D eigenvalue weighted by Crippen LogP contribution is 2.38. The van der Waals surface area contributed by atoms with Crippen molar-refractivity contribution in [3.05, 3.63) is 60.2 Å². The fraction of sp³-hybridized carbons (Fsp3) is 0.286. The molecule has 2 aromatic rings. The molecule has 0 atom stereocenters. The second-order valence-corrected chi connectivity index (χ2v) is 6.45. The number of carbonyl (C=O) groups is 1. The van der Waals surface area contributed by atoms with E-state index in [9.17, 15) is 9.90 Å². The van der Waals surface area contributed by atoms with Crippen molar-refractivity contribution in [3.8, 4) is 22.6 Å². The Kier molecular flexibility index (Phi) is 5.58. The van der Waals surface area contributed by atoms with Crippen molar-refractivity contribution in [1.82, 2.24) is 10.2 Å². The number of ether oxygens (including phenoxy) is 1. The van der Waals surface area contributed by atoms with E-state index < -0.39 is 0 Å². The molecule has 0 saturated heterocycles. The Morgan fingerprint density at radius 3 is 2.96 bits per heavy atom. The maximum absolute atomic E-state index is 12.0. The van der Waals surface area contributed by atoms with Crippen molar-refractivity contribution in [2.45, 2.75) is 13.5 Å². The Labute approximate surface area is 153 Å². The van der Waals surface area contributed by atoms with E-state index in [1.807, 2.05) is 42.2 Å². The SMILES string of the molecule is C=CCNC(=O)CN1CCOc2c(O)cc(-c3ccccc3C)cc2C1. The number of carbonyl (C=O) groups excluding carboxylic acids is 1. The van der Waals surface area contributed by atoms with Crippen LogP contribution in [0.25, 0.3) is 11.1 Å². The van der Waals surface area contributed by atoms with E-state index in [1.165, 1.54) is 0 Å². The van der Waals surface area contributed by atoms with Crippen LogP contribution in [0.4, 0.5) is 0 Å². The topological polar surface area (TPSA) is 61.8 Å². The average molecular weight is 352 g/mol. The number of aryl methyl sites for hydroxylation is 1. The zero-order valence-electron chi connectivity index (χ0n) is 15.0. The van der Waals surface area contributed by atoms with Gasteiger partial charge in [0.25, 0.3) is 0 Å². The molecule has 5 nitrogen and oxygen atoms in total. The highest BCUT2D eigenvalue weighted by atomic mass is 16.5. The van der Waals surface area contributed by atoms with Crippen LogP contribution in [0.1, 0.15) is 11.1 Å². The molecule has 0 fully saturated rings. The van der Waals surface area contributed by atoms with Gasteiger partial charge in [0.15, 0.2) is 11.5 Å². The van der Waals surface area contributed by atoms with Crippen molar-refractivity contribution in [2.24, 2.45) is 0 Å². The maximum Gasteiger partial charge on any atom is 0.234 e. The van der Waals surface area contributed by atoms with Gasteiger partial charge in [0.1, 0.15) is 6.61 Å². The molecule has 0 radical (unpaired) electrons. The molecule has 0 saturated carbocycles. The zero-order valence-corrected chi connectivity index (χ0v) is 15.0. The van der Waals surface area contributed by atoms with Crippen LogP contribution in [0.5, 0.6) is 11.5 Å². The minimum Gasteiger partial charge on any atom is -0.504 e. The quantitative estimate of drug-likeness (QED) is 0.813. The number of aromatic hydroxyl groups is 1. The number of phenols is 1. The predicted molar refractivity (Wildman–Crippen MR) is 102 cm³/mol. The smallest absolute Gasteiger partial charge is 0.234 e. The number of hydrogen-bond acceptors (Lipinski definition) is 4. The minimum atomic E-state index is -0.0485. The van der Waals surface area contributed by atoms with E-state index in [1.54, 1.807) is 12.1 Å². The molecule has 3 rings (SSSR count). The first kappa shape index (κ1) is 18.0. The molecule has 136 valence electrons. The molecule has 1 aliphatic rings. The van der Waals surface area contributed by atoms with Gasteiger partial charge < -0.3 is 15.2 Å². The Bertz CT molecular complexity index is 817. The van der Waals surface area contributed by atoms with Crippen LogP contribution in [0.2, 0.25) is 0 Å². The van der Waals surface area contributed by atoms with Crippen LogP contribution in [0, 0.1) is 6.92 Å². The fourth-order valence-corrected chi connectivity index (χ4v) is 3.19. The van der Waals surface area contributed by atoms with E-state index in [0.29, 0.717) is 32.0 Å². The van der Waals surface area contributed by atoms with E-state index in [2.05, 4.69) is 11.9 Å².